The minimum atomic E-state index is -1.33. The fourth-order valence-electron chi connectivity index (χ4n) is 5.39. The summed E-state index contributed by atoms with van der Waals surface area (Å²) in [6, 6.07) is 14.5. The molecule has 6 rings (SSSR count). The van der Waals surface area contributed by atoms with E-state index < -0.39 is 16.5 Å². The summed E-state index contributed by atoms with van der Waals surface area (Å²) in [6.45, 7) is 1.11. The average molecular weight is 588 g/mol. The summed E-state index contributed by atoms with van der Waals surface area (Å²) < 4.78 is 13.6. The number of esters is 1. The number of thiocarbonyl (C=S) groups is 1. The molecule has 13 heteroatoms. The van der Waals surface area contributed by atoms with Gasteiger partial charge in [0.1, 0.15) is 35.4 Å². The van der Waals surface area contributed by atoms with Crippen LogP contribution in [0.25, 0.3) is 0 Å². The Bertz CT molecular complexity index is 1690. The number of carbonyl (C=O) groups excluding carboxylic acids is 1. The van der Waals surface area contributed by atoms with Crippen LogP contribution < -0.4 is 15.4 Å². The maximum Gasteiger partial charge on any atom is 0.434 e. The molecule has 1 aromatic heterocycles. The van der Waals surface area contributed by atoms with Crippen molar-refractivity contribution in [1.82, 2.24) is 14.9 Å². The second-order valence-corrected chi connectivity index (χ2v) is 10.3. The predicted octanol–water partition coefficient (Wildman–Crippen LogP) is 4.93. The Labute approximate surface area is 244 Å². The molecule has 2 aliphatic rings. The number of nitro groups is 1. The third-order valence-corrected chi connectivity index (χ3v) is 7.50. The van der Waals surface area contributed by atoms with Gasteiger partial charge in [0.15, 0.2) is 10.7 Å². The summed E-state index contributed by atoms with van der Waals surface area (Å²) in [5, 5.41) is 37.7. The van der Waals surface area contributed by atoms with E-state index in [0.717, 1.165) is 19.3 Å². The molecule has 0 atom stereocenters. The number of aryl methyl sites for hydroxylation is 1. The van der Waals surface area contributed by atoms with E-state index in [9.17, 15) is 25.1 Å². The average Bonchev–Trinajstić information content (AvgIpc) is 3.53. The predicted molar refractivity (Wildman–Crippen MR) is 155 cm³/mol. The highest BCUT2D eigenvalue weighted by Gasteiger charge is 2.53. The van der Waals surface area contributed by atoms with E-state index in [-0.39, 0.29) is 17.4 Å². The highest BCUT2D eigenvalue weighted by molar-refractivity contribution is 7.80. The molecule has 4 N–H and O–H groups in total. The lowest BCUT2D eigenvalue weighted by atomic mass is 9.77. The summed E-state index contributed by atoms with van der Waals surface area (Å²) in [7, 11) is 0. The van der Waals surface area contributed by atoms with Gasteiger partial charge >= 0.3 is 11.9 Å². The first-order chi connectivity index (χ1) is 20.3. The van der Waals surface area contributed by atoms with Gasteiger partial charge in [-0.05, 0) is 72.8 Å². The number of phenolic OH excluding ortho intramolecular Hbond substituents is 2. The van der Waals surface area contributed by atoms with Crippen LogP contribution in [-0.2, 0) is 16.9 Å². The quantitative estimate of drug-likeness (QED) is 0.0727. The number of unbranched alkanes of at least 4 members (excludes halogenated alkanes) is 2. The number of aromatic hydroxyl groups is 2. The van der Waals surface area contributed by atoms with E-state index in [1.807, 2.05) is 0 Å². The number of imidazole rings is 1. The Morgan fingerprint density at radius 1 is 1.00 bits per heavy atom. The first-order valence-electron chi connectivity index (χ1n) is 13.2. The van der Waals surface area contributed by atoms with Crippen LogP contribution in [0.3, 0.4) is 0 Å². The van der Waals surface area contributed by atoms with Crippen LogP contribution in [-0.4, -0.2) is 42.3 Å². The molecule has 12 nitrogen and oxygen atoms in total. The normalized spacial score (nSPS) is 13.9. The molecule has 0 aliphatic carbocycles. The third kappa shape index (κ3) is 4.73. The van der Waals surface area contributed by atoms with Crippen LogP contribution in [0, 0.1) is 10.1 Å². The van der Waals surface area contributed by atoms with Gasteiger partial charge in [-0.15, -0.1) is 0 Å². The van der Waals surface area contributed by atoms with Gasteiger partial charge in [-0.3, -0.25) is 0 Å². The van der Waals surface area contributed by atoms with E-state index in [0.29, 0.717) is 57.6 Å². The zero-order valence-corrected chi connectivity index (χ0v) is 22.9. The molecule has 214 valence electrons. The lowest BCUT2D eigenvalue weighted by Gasteiger charge is -2.36. The number of anilines is 1. The largest absolute Gasteiger partial charge is 0.508 e. The highest BCUT2D eigenvalue weighted by atomic mass is 32.1. The van der Waals surface area contributed by atoms with Crippen LogP contribution in [0.5, 0.6) is 23.0 Å². The van der Waals surface area contributed by atoms with Gasteiger partial charge in [-0.1, -0.05) is 11.1 Å². The summed E-state index contributed by atoms with van der Waals surface area (Å²) in [5.74, 6) is -0.106. The summed E-state index contributed by atoms with van der Waals surface area (Å²) in [6.07, 6.45) is 5.40. The number of hydrogen-bond acceptors (Lipinski definition) is 9. The van der Waals surface area contributed by atoms with Crippen LogP contribution in [0.2, 0.25) is 0 Å². The number of phenols is 2. The minimum Gasteiger partial charge on any atom is -0.508 e. The van der Waals surface area contributed by atoms with E-state index in [4.69, 9.17) is 21.7 Å². The molecule has 0 radical (unpaired) electrons. The van der Waals surface area contributed by atoms with Gasteiger partial charge in [0.05, 0.1) is 12.1 Å². The fourth-order valence-corrected chi connectivity index (χ4v) is 5.61. The van der Waals surface area contributed by atoms with Gasteiger partial charge in [0.2, 0.25) is 0 Å². The molecule has 0 saturated heterocycles. The zero-order chi connectivity index (χ0) is 29.4. The minimum absolute atomic E-state index is 0.0141. The second-order valence-electron chi connectivity index (χ2n) is 9.91. The topological polar surface area (TPSA) is 161 Å². The van der Waals surface area contributed by atoms with Crippen LogP contribution in [0.1, 0.15) is 46.3 Å². The van der Waals surface area contributed by atoms with Crippen LogP contribution >= 0.6 is 12.2 Å². The zero-order valence-electron chi connectivity index (χ0n) is 22.1. The molecular weight excluding hydrogens is 562 g/mol. The molecule has 3 aromatic carbocycles. The van der Waals surface area contributed by atoms with Gasteiger partial charge in [0.25, 0.3) is 0 Å². The van der Waals surface area contributed by atoms with Crippen LogP contribution in [0.15, 0.2) is 67.0 Å². The van der Waals surface area contributed by atoms with Crippen LogP contribution in [0.4, 0.5) is 11.6 Å². The molecule has 0 saturated carbocycles. The number of aromatic nitrogens is 2. The summed E-state index contributed by atoms with van der Waals surface area (Å²) >= 11 is 5.44. The Morgan fingerprint density at radius 2 is 1.69 bits per heavy atom. The Balaban J connectivity index is 1.14. The third-order valence-electron chi connectivity index (χ3n) is 7.25. The monoisotopic (exact) mass is 587 g/mol. The molecular formula is C29H25N5O7S. The standard InChI is InChI=1S/C29H25N5O7S/c35-18-5-8-22-24(15-18)40-25-16-19(36)6-9-23(25)29(22)21-7-4-17(14-20(21)26(37)41-29)32-27(42)30-10-2-1-3-12-33-13-11-31-28(33)34(38)39/h4-9,11,13-16,35-36H,1-3,10,12H2,(H2,30,32,42). The van der Waals surface area contributed by atoms with Crippen molar-refractivity contribution in [3.63, 3.8) is 0 Å². The molecule has 3 heterocycles. The van der Waals surface area contributed by atoms with Gasteiger partial charge in [0, 0.05) is 41.1 Å². The smallest absolute Gasteiger partial charge is 0.434 e. The molecule has 0 amide bonds. The van der Waals surface area contributed by atoms with Crippen molar-refractivity contribution in [2.75, 3.05) is 11.9 Å². The molecule has 0 fully saturated rings. The number of benzene rings is 3. The lowest BCUT2D eigenvalue weighted by molar-refractivity contribution is -0.396. The molecule has 0 unspecified atom stereocenters. The Hall–Kier alpha value is -5.17. The van der Waals surface area contributed by atoms with Gasteiger partial charge < -0.3 is 40.4 Å². The highest BCUT2D eigenvalue weighted by Crippen LogP contribution is 2.57. The van der Waals surface area contributed by atoms with Crippen molar-refractivity contribution in [3.05, 3.63) is 99.4 Å². The number of ether oxygens (including phenoxy) is 2. The van der Waals surface area contributed by atoms with Gasteiger partial charge in [-0.25, -0.2) is 9.36 Å². The SMILES string of the molecule is O=C1OC2(c3ccc(O)cc3Oc3cc(O)ccc32)c2ccc(NC(=S)NCCCCCn3ccnc3[N+](=O)[O-])cc21. The lowest BCUT2D eigenvalue weighted by Crippen LogP contribution is -2.33. The van der Waals surface area contributed by atoms with Crippen molar-refractivity contribution in [1.29, 1.82) is 0 Å². The van der Waals surface area contributed by atoms with Crippen molar-refractivity contribution in [2.24, 2.45) is 0 Å². The number of nitrogens with one attached hydrogen (secondary N) is 2. The Morgan fingerprint density at radius 3 is 2.38 bits per heavy atom. The number of fused-ring (bicyclic) bond motifs is 6. The second kappa shape index (κ2) is 10.7. The summed E-state index contributed by atoms with van der Waals surface area (Å²) in [5.41, 5.74) is 1.30. The van der Waals surface area contributed by atoms with E-state index >= 15 is 0 Å². The van der Waals surface area contributed by atoms with Crippen molar-refractivity contribution >= 4 is 34.9 Å². The van der Waals surface area contributed by atoms with Gasteiger partial charge in [-0.2, -0.15) is 0 Å². The van der Waals surface area contributed by atoms with Crippen molar-refractivity contribution in [2.45, 2.75) is 31.4 Å². The number of carbonyl (C=O) groups is 1. The fraction of sp³-hybridized carbons (Fsp3) is 0.207. The molecule has 4 aromatic rings. The number of nitrogens with zero attached hydrogens (tertiary/aromatic N) is 3. The summed E-state index contributed by atoms with van der Waals surface area (Å²) in [4.78, 5) is 27.5. The van der Waals surface area contributed by atoms with Crippen molar-refractivity contribution in [3.8, 4) is 23.0 Å². The maximum absolute atomic E-state index is 13.3. The first-order valence-corrected chi connectivity index (χ1v) is 13.6. The van der Waals surface area contributed by atoms with E-state index in [2.05, 4.69) is 15.6 Å². The van der Waals surface area contributed by atoms with E-state index in [1.54, 1.807) is 36.5 Å². The number of hydrogen-bond donors (Lipinski definition) is 4. The molecule has 0 bridgehead atoms. The molecule has 42 heavy (non-hydrogen) atoms. The first kappa shape index (κ1) is 27.0. The maximum atomic E-state index is 13.3. The number of rotatable bonds is 8. The van der Waals surface area contributed by atoms with Crippen molar-refractivity contribution < 1.29 is 29.4 Å². The molecule has 2 aliphatic heterocycles. The van der Waals surface area contributed by atoms with E-state index in [1.165, 1.54) is 35.0 Å². The molecule has 1 spiro atoms. The Kier molecular flexibility index (Phi) is 6.86.